The Balaban J connectivity index is 2.18. The molecule has 2 N–H and O–H groups in total. The van der Waals surface area contributed by atoms with Crippen LogP contribution < -0.4 is 5.32 Å². The Hall–Kier alpha value is -2.94. The lowest BCUT2D eigenvalue weighted by molar-refractivity contribution is -0.139. The Morgan fingerprint density at radius 2 is 2.05 bits per heavy atom. The number of amides is 1. The van der Waals surface area contributed by atoms with Crippen LogP contribution in [0.3, 0.4) is 0 Å². The lowest BCUT2D eigenvalue weighted by Gasteiger charge is -2.15. The van der Waals surface area contributed by atoms with Crippen molar-refractivity contribution in [3.8, 4) is 6.07 Å². The van der Waals surface area contributed by atoms with E-state index in [4.69, 9.17) is 10.4 Å². The van der Waals surface area contributed by atoms with Crippen molar-refractivity contribution in [1.29, 1.82) is 5.26 Å². The van der Waals surface area contributed by atoms with E-state index in [1.807, 2.05) is 24.3 Å². The molecule has 0 unspecified atom stereocenters. The molecule has 0 aliphatic heterocycles. The van der Waals surface area contributed by atoms with Gasteiger partial charge >= 0.3 is 5.97 Å². The lowest BCUT2D eigenvalue weighted by Crippen LogP contribution is -2.42. The Morgan fingerprint density at radius 1 is 1.32 bits per heavy atom. The number of fused-ring (bicyclic) bond motifs is 1. The summed E-state index contributed by atoms with van der Waals surface area (Å²) in [5.74, 6) is -2.20. The van der Waals surface area contributed by atoms with Gasteiger partial charge in [-0.25, -0.2) is 9.78 Å². The SMILES string of the molecule is C[C@@H](C#N)C[C@@H](NC(=O)c1ccc2ccccc2n1)C(=O)O. The van der Waals surface area contributed by atoms with Crippen LogP contribution in [0.15, 0.2) is 36.4 Å². The molecular formula is C16H15N3O3. The van der Waals surface area contributed by atoms with Crippen molar-refractivity contribution < 1.29 is 14.7 Å². The number of carboxylic acids is 1. The number of pyridine rings is 1. The van der Waals surface area contributed by atoms with Crippen molar-refractivity contribution in [2.45, 2.75) is 19.4 Å². The first kappa shape index (κ1) is 15.4. The fourth-order valence-electron chi connectivity index (χ4n) is 2.05. The summed E-state index contributed by atoms with van der Waals surface area (Å²) in [5, 5.41) is 21.2. The molecular weight excluding hydrogens is 282 g/mol. The van der Waals surface area contributed by atoms with Crippen LogP contribution in [0.25, 0.3) is 10.9 Å². The van der Waals surface area contributed by atoms with E-state index < -0.39 is 23.8 Å². The zero-order chi connectivity index (χ0) is 16.1. The molecule has 0 saturated heterocycles. The zero-order valence-corrected chi connectivity index (χ0v) is 12.0. The van der Waals surface area contributed by atoms with Crippen LogP contribution >= 0.6 is 0 Å². The summed E-state index contributed by atoms with van der Waals surface area (Å²) in [6.45, 7) is 1.61. The number of carbonyl (C=O) groups is 2. The van der Waals surface area contributed by atoms with Gasteiger partial charge in [0.05, 0.1) is 11.6 Å². The van der Waals surface area contributed by atoms with Gasteiger partial charge in [0, 0.05) is 11.3 Å². The maximum absolute atomic E-state index is 12.2. The number of aromatic nitrogens is 1. The Bertz CT molecular complexity index is 752. The summed E-state index contributed by atoms with van der Waals surface area (Å²) in [4.78, 5) is 27.6. The molecule has 112 valence electrons. The first-order valence-electron chi connectivity index (χ1n) is 6.80. The van der Waals surface area contributed by atoms with Gasteiger partial charge in [0.25, 0.3) is 5.91 Å². The average molecular weight is 297 g/mol. The predicted octanol–water partition coefficient (Wildman–Crippen LogP) is 1.97. The van der Waals surface area contributed by atoms with Gasteiger partial charge in [-0.15, -0.1) is 0 Å². The standard InChI is InChI=1S/C16H15N3O3/c1-10(9-17)8-14(16(21)22)19-15(20)13-7-6-11-4-2-3-5-12(11)18-13/h2-7,10,14H,8H2,1H3,(H,19,20)(H,21,22)/t10-,14-/m1/s1. The molecule has 0 saturated carbocycles. The third kappa shape index (κ3) is 3.58. The van der Waals surface area contributed by atoms with E-state index in [9.17, 15) is 9.59 Å². The molecule has 6 heteroatoms. The van der Waals surface area contributed by atoms with E-state index >= 15 is 0 Å². The molecule has 1 heterocycles. The summed E-state index contributed by atoms with van der Waals surface area (Å²) < 4.78 is 0. The van der Waals surface area contributed by atoms with Gasteiger partial charge in [-0.05, 0) is 25.5 Å². The topological polar surface area (TPSA) is 103 Å². The lowest BCUT2D eigenvalue weighted by atomic mass is 10.0. The summed E-state index contributed by atoms with van der Waals surface area (Å²) in [5.41, 5.74) is 0.807. The molecule has 2 rings (SSSR count). The van der Waals surface area contributed by atoms with Gasteiger partial charge in [0.15, 0.2) is 0 Å². The van der Waals surface area contributed by atoms with Crippen LogP contribution in [0.5, 0.6) is 0 Å². The predicted molar refractivity (Wildman–Crippen MR) is 80.0 cm³/mol. The van der Waals surface area contributed by atoms with Crippen molar-refractivity contribution in [3.05, 3.63) is 42.1 Å². The molecule has 0 radical (unpaired) electrons. The Morgan fingerprint density at radius 3 is 2.73 bits per heavy atom. The molecule has 0 fully saturated rings. The number of carboxylic acid groups (broad SMARTS) is 1. The zero-order valence-electron chi connectivity index (χ0n) is 12.0. The highest BCUT2D eigenvalue weighted by atomic mass is 16.4. The van der Waals surface area contributed by atoms with Crippen LogP contribution in [0.1, 0.15) is 23.8 Å². The molecule has 22 heavy (non-hydrogen) atoms. The molecule has 0 aliphatic carbocycles. The number of aliphatic carboxylic acids is 1. The number of hydrogen-bond donors (Lipinski definition) is 2. The first-order valence-corrected chi connectivity index (χ1v) is 6.80. The van der Waals surface area contributed by atoms with Crippen LogP contribution in [0.4, 0.5) is 0 Å². The number of hydrogen-bond acceptors (Lipinski definition) is 4. The Labute approximate surface area is 127 Å². The fourth-order valence-corrected chi connectivity index (χ4v) is 2.05. The monoisotopic (exact) mass is 297 g/mol. The molecule has 2 atom stereocenters. The van der Waals surface area contributed by atoms with E-state index in [1.54, 1.807) is 25.1 Å². The van der Waals surface area contributed by atoms with E-state index in [0.717, 1.165) is 5.39 Å². The second-order valence-corrected chi connectivity index (χ2v) is 5.02. The van der Waals surface area contributed by atoms with Crippen LogP contribution in [0, 0.1) is 17.2 Å². The number of rotatable bonds is 5. The molecule has 0 aliphatic rings. The molecule has 1 aromatic heterocycles. The van der Waals surface area contributed by atoms with E-state index in [-0.39, 0.29) is 12.1 Å². The average Bonchev–Trinajstić information content (AvgIpc) is 2.53. The van der Waals surface area contributed by atoms with E-state index in [2.05, 4.69) is 10.3 Å². The fraction of sp³-hybridized carbons (Fsp3) is 0.250. The highest BCUT2D eigenvalue weighted by Gasteiger charge is 2.23. The van der Waals surface area contributed by atoms with Crippen LogP contribution in [0.2, 0.25) is 0 Å². The number of nitrogens with zero attached hydrogens (tertiary/aromatic N) is 2. The van der Waals surface area contributed by atoms with Gasteiger partial charge in [-0.1, -0.05) is 24.3 Å². The smallest absolute Gasteiger partial charge is 0.326 e. The van der Waals surface area contributed by atoms with Crippen molar-refractivity contribution in [1.82, 2.24) is 10.3 Å². The minimum atomic E-state index is -1.17. The van der Waals surface area contributed by atoms with E-state index in [0.29, 0.717) is 5.52 Å². The summed E-state index contributed by atoms with van der Waals surface area (Å²) >= 11 is 0. The number of carbonyl (C=O) groups excluding carboxylic acids is 1. The second kappa shape index (κ2) is 6.68. The number of para-hydroxylation sites is 1. The third-order valence-electron chi connectivity index (χ3n) is 3.24. The summed E-state index contributed by atoms with van der Waals surface area (Å²) in [6.07, 6.45) is 0.0468. The van der Waals surface area contributed by atoms with Gasteiger partial charge in [-0.2, -0.15) is 5.26 Å². The highest BCUT2D eigenvalue weighted by molar-refractivity contribution is 5.96. The molecule has 0 spiro atoms. The first-order chi connectivity index (χ1) is 10.5. The van der Waals surface area contributed by atoms with Gasteiger partial charge in [0.1, 0.15) is 11.7 Å². The maximum Gasteiger partial charge on any atom is 0.326 e. The maximum atomic E-state index is 12.2. The highest BCUT2D eigenvalue weighted by Crippen LogP contribution is 2.12. The minimum absolute atomic E-state index is 0.0468. The molecule has 6 nitrogen and oxygen atoms in total. The number of benzene rings is 1. The summed E-state index contributed by atoms with van der Waals surface area (Å²) in [7, 11) is 0. The molecule has 1 amide bonds. The molecule has 2 aromatic rings. The van der Waals surface area contributed by atoms with Gasteiger partial charge < -0.3 is 10.4 Å². The van der Waals surface area contributed by atoms with Crippen molar-refractivity contribution in [2.75, 3.05) is 0 Å². The molecule has 0 bridgehead atoms. The number of nitrogens with one attached hydrogen (secondary N) is 1. The van der Waals surface area contributed by atoms with Crippen molar-refractivity contribution >= 4 is 22.8 Å². The largest absolute Gasteiger partial charge is 0.480 e. The summed E-state index contributed by atoms with van der Waals surface area (Å²) in [6, 6.07) is 11.5. The normalized spacial score (nSPS) is 13.1. The molecule has 1 aromatic carbocycles. The third-order valence-corrected chi connectivity index (χ3v) is 3.24. The van der Waals surface area contributed by atoms with Gasteiger partial charge in [-0.3, -0.25) is 4.79 Å². The van der Waals surface area contributed by atoms with E-state index in [1.165, 1.54) is 0 Å². The van der Waals surface area contributed by atoms with Crippen molar-refractivity contribution in [2.24, 2.45) is 5.92 Å². The van der Waals surface area contributed by atoms with Crippen molar-refractivity contribution in [3.63, 3.8) is 0 Å². The Kier molecular flexibility index (Phi) is 4.69. The minimum Gasteiger partial charge on any atom is -0.480 e. The van der Waals surface area contributed by atoms with Crippen LogP contribution in [-0.4, -0.2) is 28.0 Å². The van der Waals surface area contributed by atoms with Gasteiger partial charge in [0.2, 0.25) is 0 Å². The number of nitriles is 1. The quantitative estimate of drug-likeness (QED) is 0.878. The second-order valence-electron chi connectivity index (χ2n) is 5.02. The van der Waals surface area contributed by atoms with Crippen LogP contribution in [-0.2, 0) is 4.79 Å².